The Morgan fingerprint density at radius 2 is 2.00 bits per heavy atom. The van der Waals surface area contributed by atoms with Gasteiger partial charge in [0, 0.05) is 13.7 Å². The van der Waals surface area contributed by atoms with Crippen LogP contribution in [-0.4, -0.2) is 40.0 Å². The van der Waals surface area contributed by atoms with Crippen molar-refractivity contribution < 1.29 is 13.2 Å². The second-order valence-corrected chi connectivity index (χ2v) is 6.30. The zero-order valence-corrected chi connectivity index (χ0v) is 10.6. The quantitative estimate of drug-likeness (QED) is 0.706. The number of hydrogen-bond donors (Lipinski definition) is 2. The van der Waals surface area contributed by atoms with Crippen molar-refractivity contribution in [3.05, 3.63) is 0 Å². The monoisotopic (exact) mass is 250 g/mol. The van der Waals surface area contributed by atoms with Crippen LogP contribution in [0.5, 0.6) is 0 Å². The summed E-state index contributed by atoms with van der Waals surface area (Å²) in [4.78, 5) is 0. The molecule has 0 saturated heterocycles. The molecule has 0 radical (unpaired) electrons. The highest BCUT2D eigenvalue weighted by atomic mass is 32.2. The molecule has 1 atom stereocenters. The Labute approximate surface area is 97.8 Å². The van der Waals surface area contributed by atoms with Gasteiger partial charge < -0.3 is 10.5 Å². The van der Waals surface area contributed by atoms with Gasteiger partial charge in [-0.3, -0.25) is 0 Å². The Kier molecular flexibility index (Phi) is 5.68. The highest BCUT2D eigenvalue weighted by Crippen LogP contribution is 2.23. The van der Waals surface area contributed by atoms with Gasteiger partial charge in [-0.2, -0.15) is 0 Å². The summed E-state index contributed by atoms with van der Waals surface area (Å²) < 4.78 is 31.6. The molecule has 0 aromatic rings. The minimum absolute atomic E-state index is 0.243. The number of rotatable bonds is 6. The maximum atomic E-state index is 12.0. The first-order valence-corrected chi connectivity index (χ1v) is 7.35. The van der Waals surface area contributed by atoms with Gasteiger partial charge in [-0.05, 0) is 12.8 Å². The molecule has 96 valence electrons. The lowest BCUT2D eigenvalue weighted by Crippen LogP contribution is -2.47. The van der Waals surface area contributed by atoms with Gasteiger partial charge in [-0.25, -0.2) is 13.1 Å². The van der Waals surface area contributed by atoms with Crippen LogP contribution in [0.15, 0.2) is 0 Å². The van der Waals surface area contributed by atoms with Gasteiger partial charge in [-0.15, -0.1) is 0 Å². The van der Waals surface area contributed by atoms with Crippen LogP contribution in [0, 0.1) is 0 Å². The van der Waals surface area contributed by atoms with E-state index in [1.54, 1.807) is 0 Å². The second kappa shape index (κ2) is 6.54. The largest absolute Gasteiger partial charge is 0.383 e. The second-order valence-electron chi connectivity index (χ2n) is 4.31. The number of nitrogens with one attached hydrogen (secondary N) is 1. The summed E-state index contributed by atoms with van der Waals surface area (Å²) in [6.07, 6.45) is 4.68. The van der Waals surface area contributed by atoms with E-state index in [1.165, 1.54) is 7.11 Å². The van der Waals surface area contributed by atoms with E-state index in [0.717, 1.165) is 32.1 Å². The average molecular weight is 250 g/mol. The number of nitrogens with two attached hydrogens (primary N) is 1. The third kappa shape index (κ3) is 4.01. The molecular formula is C10H22N2O3S. The molecule has 0 aliphatic heterocycles. The van der Waals surface area contributed by atoms with Crippen LogP contribution in [-0.2, 0) is 14.8 Å². The molecule has 1 rings (SSSR count). The SMILES string of the molecule is COCC(CN)NS(=O)(=O)C1CCCCC1. The van der Waals surface area contributed by atoms with Crippen molar-refractivity contribution in [2.75, 3.05) is 20.3 Å². The van der Waals surface area contributed by atoms with Gasteiger partial charge >= 0.3 is 0 Å². The first kappa shape index (κ1) is 13.9. The number of hydrogen-bond acceptors (Lipinski definition) is 4. The van der Waals surface area contributed by atoms with E-state index in [9.17, 15) is 8.42 Å². The van der Waals surface area contributed by atoms with Crippen LogP contribution in [0.25, 0.3) is 0 Å². The van der Waals surface area contributed by atoms with Crippen molar-refractivity contribution in [3.63, 3.8) is 0 Å². The van der Waals surface area contributed by atoms with Gasteiger partial charge in [-0.1, -0.05) is 19.3 Å². The normalized spacial score (nSPS) is 20.9. The van der Waals surface area contributed by atoms with Crippen molar-refractivity contribution in [1.82, 2.24) is 4.72 Å². The minimum atomic E-state index is -3.23. The molecule has 1 aliphatic carbocycles. The molecule has 1 saturated carbocycles. The summed E-state index contributed by atoms with van der Waals surface area (Å²) in [6.45, 7) is 0.586. The zero-order chi connectivity index (χ0) is 12.0. The molecule has 16 heavy (non-hydrogen) atoms. The molecule has 1 fully saturated rings. The summed E-state index contributed by atoms with van der Waals surface area (Å²) in [5.41, 5.74) is 5.49. The topological polar surface area (TPSA) is 81.4 Å². The highest BCUT2D eigenvalue weighted by Gasteiger charge is 2.28. The zero-order valence-electron chi connectivity index (χ0n) is 9.81. The van der Waals surface area contributed by atoms with E-state index >= 15 is 0 Å². The van der Waals surface area contributed by atoms with Crippen molar-refractivity contribution in [1.29, 1.82) is 0 Å². The molecule has 1 unspecified atom stereocenters. The van der Waals surface area contributed by atoms with Crippen molar-refractivity contribution in [2.24, 2.45) is 5.73 Å². The Morgan fingerprint density at radius 3 is 2.50 bits per heavy atom. The van der Waals surface area contributed by atoms with E-state index in [-0.39, 0.29) is 17.8 Å². The van der Waals surface area contributed by atoms with Gasteiger partial charge in [0.2, 0.25) is 10.0 Å². The molecule has 0 aromatic carbocycles. The van der Waals surface area contributed by atoms with Crippen LogP contribution < -0.4 is 10.5 Å². The maximum Gasteiger partial charge on any atom is 0.214 e. The van der Waals surface area contributed by atoms with Crippen molar-refractivity contribution in [3.8, 4) is 0 Å². The molecule has 0 spiro atoms. The Morgan fingerprint density at radius 1 is 1.38 bits per heavy atom. The minimum Gasteiger partial charge on any atom is -0.383 e. The fourth-order valence-corrected chi connectivity index (χ4v) is 3.83. The van der Waals surface area contributed by atoms with Gasteiger partial charge in [0.15, 0.2) is 0 Å². The molecule has 0 heterocycles. The molecule has 3 N–H and O–H groups in total. The van der Waals surface area contributed by atoms with E-state index in [0.29, 0.717) is 6.61 Å². The molecule has 5 nitrogen and oxygen atoms in total. The first-order valence-electron chi connectivity index (χ1n) is 5.80. The summed E-state index contributed by atoms with van der Waals surface area (Å²) >= 11 is 0. The van der Waals surface area contributed by atoms with Gasteiger partial charge in [0.05, 0.1) is 17.9 Å². The summed E-state index contributed by atoms with van der Waals surface area (Å²) in [5, 5.41) is -0.243. The van der Waals surface area contributed by atoms with Crippen LogP contribution in [0.3, 0.4) is 0 Å². The number of methoxy groups -OCH3 is 1. The smallest absolute Gasteiger partial charge is 0.214 e. The highest BCUT2D eigenvalue weighted by molar-refractivity contribution is 7.90. The van der Waals surface area contributed by atoms with E-state index in [2.05, 4.69) is 4.72 Å². The van der Waals surface area contributed by atoms with Crippen molar-refractivity contribution in [2.45, 2.75) is 43.4 Å². The standard InChI is InChI=1S/C10H22N2O3S/c1-15-8-9(7-11)12-16(13,14)10-5-3-2-4-6-10/h9-10,12H,2-8,11H2,1H3. The van der Waals surface area contributed by atoms with E-state index in [1.807, 2.05) is 0 Å². The predicted molar refractivity (Wildman–Crippen MR) is 63.6 cm³/mol. The predicted octanol–water partition coefficient (Wildman–Crippen LogP) is 0.212. The molecule has 0 bridgehead atoms. The average Bonchev–Trinajstić information content (AvgIpc) is 2.29. The first-order chi connectivity index (χ1) is 7.60. The fraction of sp³-hybridized carbons (Fsp3) is 1.00. The lowest BCUT2D eigenvalue weighted by atomic mass is 10.0. The summed E-state index contributed by atoms with van der Waals surface area (Å²) in [6, 6.07) is -0.308. The third-order valence-electron chi connectivity index (χ3n) is 2.97. The van der Waals surface area contributed by atoms with E-state index < -0.39 is 10.0 Å². The third-order valence-corrected chi connectivity index (χ3v) is 4.99. The van der Waals surface area contributed by atoms with Crippen LogP contribution in [0.4, 0.5) is 0 Å². The molecule has 0 amide bonds. The summed E-state index contributed by atoms with van der Waals surface area (Å²) in [5.74, 6) is 0. The van der Waals surface area contributed by atoms with Gasteiger partial charge in [0.25, 0.3) is 0 Å². The fourth-order valence-electron chi connectivity index (χ4n) is 2.06. The summed E-state index contributed by atoms with van der Waals surface area (Å²) in [7, 11) is -1.69. The molecular weight excluding hydrogens is 228 g/mol. The van der Waals surface area contributed by atoms with Crippen LogP contribution >= 0.6 is 0 Å². The Bertz CT molecular complexity index is 286. The molecule has 6 heteroatoms. The Balaban J connectivity index is 2.54. The lowest BCUT2D eigenvalue weighted by Gasteiger charge is -2.24. The van der Waals surface area contributed by atoms with Gasteiger partial charge in [0.1, 0.15) is 0 Å². The number of ether oxygens (including phenoxy) is 1. The molecule has 1 aliphatic rings. The van der Waals surface area contributed by atoms with Crippen LogP contribution in [0.1, 0.15) is 32.1 Å². The Hall–Kier alpha value is -0.170. The maximum absolute atomic E-state index is 12.0. The lowest BCUT2D eigenvalue weighted by molar-refractivity contribution is 0.176. The molecule has 0 aromatic heterocycles. The van der Waals surface area contributed by atoms with Crippen LogP contribution in [0.2, 0.25) is 0 Å². The van der Waals surface area contributed by atoms with Crippen molar-refractivity contribution >= 4 is 10.0 Å². The number of sulfonamides is 1. The van der Waals surface area contributed by atoms with E-state index in [4.69, 9.17) is 10.5 Å².